The summed E-state index contributed by atoms with van der Waals surface area (Å²) in [6.45, 7) is 0. The number of nitrogens with zero attached hydrogens (tertiary/aromatic N) is 4. The van der Waals surface area contributed by atoms with Crippen molar-refractivity contribution in [1.29, 1.82) is 0 Å². The highest BCUT2D eigenvalue weighted by Crippen LogP contribution is 2.27. The largest absolute Gasteiger partial charge is 0.217 e. The Kier molecular flexibility index (Phi) is 3.18. The van der Waals surface area contributed by atoms with Gasteiger partial charge in [0.1, 0.15) is 6.00 Å². The summed E-state index contributed by atoms with van der Waals surface area (Å²) < 4.78 is 4.04. The number of hydrogen-bond acceptors (Lipinski definition) is 3. The Morgan fingerprint density at radius 2 is 2.00 bits per heavy atom. The minimum atomic E-state index is 0.283. The molecule has 0 saturated heterocycles. The Hall–Kier alpha value is -0.420. The van der Waals surface area contributed by atoms with E-state index in [-0.39, 0.29) is 6.00 Å². The van der Waals surface area contributed by atoms with Gasteiger partial charge in [-0.2, -0.15) is 0 Å². The first kappa shape index (κ1) is 10.1. The Bertz CT molecular complexity index is 352. The minimum Gasteiger partial charge on any atom is -0.215 e. The molecule has 0 radical (unpaired) electrons. The van der Waals surface area contributed by atoms with Gasteiger partial charge < -0.3 is 0 Å². The van der Waals surface area contributed by atoms with Gasteiger partial charge in [0.25, 0.3) is 0 Å². The van der Waals surface area contributed by atoms with Crippen molar-refractivity contribution in [3.63, 3.8) is 0 Å². The number of halogens is 1. The third-order valence-corrected chi connectivity index (χ3v) is 3.32. The molecule has 0 atom stereocenters. The smallest absolute Gasteiger partial charge is 0.215 e. The number of tetrazole rings is 1. The molecule has 0 bridgehead atoms. The average molecular weight is 233 g/mol. The molecule has 0 N–H and O–H groups in total. The van der Waals surface area contributed by atoms with Crippen LogP contribution in [0.3, 0.4) is 0 Å². The number of alkyl halides is 1. The van der Waals surface area contributed by atoms with Crippen molar-refractivity contribution in [3.8, 4) is 0 Å². The summed E-state index contributed by atoms with van der Waals surface area (Å²) in [7, 11) is 0. The highest BCUT2D eigenvalue weighted by molar-refractivity contribution is 7.71. The van der Waals surface area contributed by atoms with Crippen LogP contribution in [0.5, 0.6) is 0 Å². The predicted octanol–water partition coefficient (Wildman–Crippen LogP) is 2.51. The molecule has 0 aromatic carbocycles. The van der Waals surface area contributed by atoms with Gasteiger partial charge in [-0.25, -0.2) is 9.36 Å². The van der Waals surface area contributed by atoms with E-state index in [2.05, 4.69) is 10.4 Å². The molecule has 78 valence electrons. The van der Waals surface area contributed by atoms with E-state index in [4.69, 9.17) is 23.8 Å². The standard InChI is InChI=1S/C8H13ClN4S/c9-6-12-8(14)13(11-10-12)7-4-2-1-3-5-7/h7H,1-6H2. The molecular weight excluding hydrogens is 220 g/mol. The van der Waals surface area contributed by atoms with Gasteiger partial charge in [0, 0.05) is 0 Å². The molecule has 4 nitrogen and oxygen atoms in total. The van der Waals surface area contributed by atoms with E-state index < -0.39 is 0 Å². The second-order valence-corrected chi connectivity index (χ2v) is 4.22. The van der Waals surface area contributed by atoms with Crippen molar-refractivity contribution in [1.82, 2.24) is 19.8 Å². The number of aromatic nitrogens is 4. The van der Waals surface area contributed by atoms with Gasteiger partial charge >= 0.3 is 0 Å². The fourth-order valence-electron chi connectivity index (χ4n) is 1.92. The summed E-state index contributed by atoms with van der Waals surface area (Å²) in [5, 5.41) is 7.95. The van der Waals surface area contributed by atoms with Crippen molar-refractivity contribution in [2.45, 2.75) is 44.1 Å². The lowest BCUT2D eigenvalue weighted by Gasteiger charge is -2.20. The van der Waals surface area contributed by atoms with Crippen molar-refractivity contribution in [2.24, 2.45) is 0 Å². The maximum atomic E-state index is 5.66. The predicted molar refractivity (Wildman–Crippen MR) is 56.8 cm³/mol. The molecule has 1 aliphatic carbocycles. The molecule has 0 amide bonds. The van der Waals surface area contributed by atoms with Gasteiger partial charge in [-0.05, 0) is 35.5 Å². The third kappa shape index (κ3) is 1.83. The molecule has 1 aromatic heterocycles. The lowest BCUT2D eigenvalue weighted by molar-refractivity contribution is 0.321. The van der Waals surface area contributed by atoms with E-state index in [9.17, 15) is 0 Å². The fraction of sp³-hybridized carbons (Fsp3) is 0.875. The summed E-state index contributed by atoms with van der Waals surface area (Å²) in [6, 6.07) is 0.721. The van der Waals surface area contributed by atoms with Gasteiger partial charge in [0.15, 0.2) is 0 Å². The molecule has 0 unspecified atom stereocenters. The molecule has 14 heavy (non-hydrogen) atoms. The van der Waals surface area contributed by atoms with Crippen LogP contribution in [0.25, 0.3) is 0 Å². The van der Waals surface area contributed by atoms with Crippen molar-refractivity contribution in [3.05, 3.63) is 4.77 Å². The summed E-state index contributed by atoms with van der Waals surface area (Å²) in [4.78, 5) is 0. The highest BCUT2D eigenvalue weighted by Gasteiger charge is 2.18. The normalized spacial score (nSPS) is 18.6. The van der Waals surface area contributed by atoms with Gasteiger partial charge in [0.05, 0.1) is 6.04 Å². The highest BCUT2D eigenvalue weighted by atomic mass is 35.5. The van der Waals surface area contributed by atoms with Crippen LogP contribution >= 0.6 is 23.8 Å². The van der Waals surface area contributed by atoms with E-state index in [1.807, 2.05) is 4.68 Å². The Morgan fingerprint density at radius 1 is 1.29 bits per heavy atom. The molecule has 0 spiro atoms. The minimum absolute atomic E-state index is 0.283. The fourth-order valence-corrected chi connectivity index (χ4v) is 2.43. The Balaban J connectivity index is 2.22. The van der Waals surface area contributed by atoms with E-state index >= 15 is 0 Å². The molecule has 6 heteroatoms. The SMILES string of the molecule is S=c1n(CCl)nnn1C1CCCCC1. The van der Waals surface area contributed by atoms with Crippen molar-refractivity contribution >= 4 is 23.8 Å². The lowest BCUT2D eigenvalue weighted by atomic mass is 9.96. The first-order valence-electron chi connectivity index (χ1n) is 4.91. The second-order valence-electron chi connectivity index (χ2n) is 3.62. The average Bonchev–Trinajstić information content (AvgIpc) is 2.61. The van der Waals surface area contributed by atoms with Crippen LogP contribution < -0.4 is 0 Å². The molecular formula is C8H13ClN4S. The number of hydrogen-bond donors (Lipinski definition) is 0. The van der Waals surface area contributed by atoms with E-state index in [0.29, 0.717) is 10.8 Å². The molecule has 1 aromatic rings. The molecule has 1 saturated carbocycles. The zero-order valence-corrected chi connectivity index (χ0v) is 9.47. The Labute approximate surface area is 92.8 Å². The van der Waals surface area contributed by atoms with Crippen LogP contribution in [0, 0.1) is 4.77 Å². The van der Waals surface area contributed by atoms with Gasteiger partial charge in [-0.3, -0.25) is 0 Å². The van der Waals surface area contributed by atoms with Gasteiger partial charge in [-0.15, -0.1) is 11.6 Å². The summed E-state index contributed by atoms with van der Waals surface area (Å²) in [6.07, 6.45) is 6.18. The zero-order chi connectivity index (χ0) is 9.97. The number of rotatable bonds is 2. The summed E-state index contributed by atoms with van der Waals surface area (Å²) >= 11 is 10.9. The zero-order valence-electron chi connectivity index (χ0n) is 7.90. The second kappa shape index (κ2) is 4.40. The molecule has 1 heterocycles. The maximum absolute atomic E-state index is 5.66. The summed E-state index contributed by atoms with van der Waals surface area (Å²) in [5.74, 6) is 0. The quantitative estimate of drug-likeness (QED) is 0.581. The maximum Gasteiger partial charge on any atom is 0.217 e. The van der Waals surface area contributed by atoms with Crippen molar-refractivity contribution in [2.75, 3.05) is 0 Å². The third-order valence-electron chi connectivity index (χ3n) is 2.69. The van der Waals surface area contributed by atoms with Crippen LogP contribution in [-0.4, -0.2) is 19.8 Å². The van der Waals surface area contributed by atoms with Gasteiger partial charge in [0.2, 0.25) is 4.77 Å². The lowest BCUT2D eigenvalue weighted by Crippen LogP contribution is -2.14. The van der Waals surface area contributed by atoms with Gasteiger partial charge in [-0.1, -0.05) is 19.3 Å². The first-order chi connectivity index (χ1) is 6.83. The van der Waals surface area contributed by atoms with Crippen LogP contribution in [0.1, 0.15) is 38.1 Å². The van der Waals surface area contributed by atoms with Crippen LogP contribution in [-0.2, 0) is 6.00 Å². The van der Waals surface area contributed by atoms with Crippen LogP contribution in [0.2, 0.25) is 0 Å². The molecule has 1 fully saturated rings. The Morgan fingerprint density at radius 3 is 2.57 bits per heavy atom. The van der Waals surface area contributed by atoms with E-state index in [1.165, 1.54) is 19.3 Å². The molecule has 0 aliphatic heterocycles. The van der Waals surface area contributed by atoms with E-state index in [0.717, 1.165) is 12.8 Å². The summed E-state index contributed by atoms with van der Waals surface area (Å²) in [5.41, 5.74) is 0. The van der Waals surface area contributed by atoms with E-state index in [1.54, 1.807) is 4.68 Å². The molecule has 2 rings (SSSR count). The van der Waals surface area contributed by atoms with Crippen LogP contribution in [0.15, 0.2) is 0 Å². The first-order valence-corrected chi connectivity index (χ1v) is 5.85. The molecule has 1 aliphatic rings. The van der Waals surface area contributed by atoms with Crippen LogP contribution in [0.4, 0.5) is 0 Å². The van der Waals surface area contributed by atoms with Crippen molar-refractivity contribution < 1.29 is 0 Å². The topological polar surface area (TPSA) is 35.6 Å². The monoisotopic (exact) mass is 232 g/mol.